The molecule has 1 N–H and O–H groups in total. The Morgan fingerprint density at radius 1 is 1.06 bits per heavy atom. The molecule has 160 valence electrons. The first-order valence-electron chi connectivity index (χ1n) is 10.6. The molecule has 2 aromatic carbocycles. The Labute approximate surface area is 189 Å². The Bertz CT molecular complexity index is 1340. The number of halogens is 1. The highest BCUT2D eigenvalue weighted by atomic mass is 35.5. The minimum Gasteiger partial charge on any atom is -0.467 e. The number of fused-ring (bicyclic) bond motifs is 4. The van der Waals surface area contributed by atoms with Gasteiger partial charge in [-0.05, 0) is 41.5 Å². The largest absolute Gasteiger partial charge is 0.467 e. The number of nitrogens with one attached hydrogen (secondary N) is 1. The normalized spacial score (nSPS) is 20.5. The van der Waals surface area contributed by atoms with Crippen LogP contribution in [0, 0.1) is 0 Å². The summed E-state index contributed by atoms with van der Waals surface area (Å²) < 4.78 is 5.42. The van der Waals surface area contributed by atoms with Crippen LogP contribution in [-0.4, -0.2) is 39.2 Å². The zero-order valence-corrected chi connectivity index (χ0v) is 17.9. The number of aromatic nitrogens is 1. The van der Waals surface area contributed by atoms with Crippen molar-refractivity contribution >= 4 is 34.3 Å². The van der Waals surface area contributed by atoms with E-state index < -0.39 is 12.1 Å². The van der Waals surface area contributed by atoms with Crippen molar-refractivity contribution in [3.05, 3.63) is 94.5 Å². The van der Waals surface area contributed by atoms with Gasteiger partial charge in [-0.25, -0.2) is 0 Å². The minimum absolute atomic E-state index is 0.0165. The number of piperazine rings is 1. The van der Waals surface area contributed by atoms with E-state index >= 15 is 0 Å². The molecule has 0 saturated carbocycles. The fraction of sp³-hybridized carbons (Fsp3) is 0.200. The predicted molar refractivity (Wildman–Crippen MR) is 120 cm³/mol. The van der Waals surface area contributed by atoms with Gasteiger partial charge >= 0.3 is 0 Å². The molecule has 4 aromatic rings. The van der Waals surface area contributed by atoms with E-state index in [-0.39, 0.29) is 24.9 Å². The van der Waals surface area contributed by atoms with Crippen molar-refractivity contribution in [2.75, 3.05) is 6.54 Å². The van der Waals surface area contributed by atoms with Gasteiger partial charge in [0.2, 0.25) is 11.8 Å². The summed E-state index contributed by atoms with van der Waals surface area (Å²) in [6.45, 7) is 0.299. The summed E-state index contributed by atoms with van der Waals surface area (Å²) in [5.41, 5.74) is 3.91. The molecule has 2 atom stereocenters. The van der Waals surface area contributed by atoms with Crippen molar-refractivity contribution in [3.63, 3.8) is 0 Å². The van der Waals surface area contributed by atoms with Crippen LogP contribution in [0.15, 0.2) is 71.3 Å². The molecule has 2 aromatic heterocycles. The first-order chi connectivity index (χ1) is 15.6. The number of nitrogens with zero attached hydrogens (tertiary/aromatic N) is 2. The van der Waals surface area contributed by atoms with Gasteiger partial charge in [0.05, 0.1) is 18.8 Å². The number of hydrogen-bond acceptors (Lipinski definition) is 3. The van der Waals surface area contributed by atoms with E-state index in [2.05, 4.69) is 11.1 Å². The highest BCUT2D eigenvalue weighted by Crippen LogP contribution is 2.43. The van der Waals surface area contributed by atoms with Gasteiger partial charge in [0.1, 0.15) is 18.3 Å². The Morgan fingerprint density at radius 3 is 2.75 bits per heavy atom. The molecule has 6 nitrogen and oxygen atoms in total. The molecule has 2 aliphatic rings. The summed E-state index contributed by atoms with van der Waals surface area (Å²) in [5, 5.41) is 1.68. The van der Waals surface area contributed by atoms with Gasteiger partial charge in [0.15, 0.2) is 0 Å². The van der Waals surface area contributed by atoms with Crippen LogP contribution < -0.4 is 0 Å². The van der Waals surface area contributed by atoms with E-state index in [4.69, 9.17) is 16.0 Å². The lowest BCUT2D eigenvalue weighted by atomic mass is 9.86. The van der Waals surface area contributed by atoms with Gasteiger partial charge in [0, 0.05) is 28.0 Å². The van der Waals surface area contributed by atoms with Crippen LogP contribution in [-0.2, 0) is 22.6 Å². The summed E-state index contributed by atoms with van der Waals surface area (Å²) in [6, 6.07) is 18.2. The maximum Gasteiger partial charge on any atom is 0.246 e. The second-order valence-corrected chi connectivity index (χ2v) is 8.75. The lowest BCUT2D eigenvalue weighted by Gasteiger charge is -2.47. The number of para-hydroxylation sites is 1. The highest BCUT2D eigenvalue weighted by Gasteiger charge is 2.48. The zero-order chi connectivity index (χ0) is 21.8. The van der Waals surface area contributed by atoms with E-state index in [1.54, 1.807) is 22.1 Å². The fourth-order valence-corrected chi connectivity index (χ4v) is 5.27. The van der Waals surface area contributed by atoms with Gasteiger partial charge in [-0.1, -0.05) is 41.9 Å². The molecular weight excluding hydrogens is 426 g/mol. The molecule has 2 aliphatic heterocycles. The second kappa shape index (κ2) is 7.28. The first kappa shape index (κ1) is 19.2. The topological polar surface area (TPSA) is 69.6 Å². The van der Waals surface area contributed by atoms with Crippen molar-refractivity contribution in [1.82, 2.24) is 14.8 Å². The molecule has 0 bridgehead atoms. The van der Waals surface area contributed by atoms with E-state index in [1.807, 2.05) is 48.5 Å². The molecule has 0 aliphatic carbocycles. The molecule has 2 amide bonds. The highest BCUT2D eigenvalue weighted by molar-refractivity contribution is 6.30. The number of amides is 2. The Balaban J connectivity index is 1.49. The van der Waals surface area contributed by atoms with E-state index in [9.17, 15) is 9.59 Å². The van der Waals surface area contributed by atoms with Gasteiger partial charge in [0.25, 0.3) is 0 Å². The lowest BCUT2D eigenvalue weighted by molar-refractivity contribution is -0.159. The molecule has 1 fully saturated rings. The van der Waals surface area contributed by atoms with Gasteiger partial charge in [-0.15, -0.1) is 0 Å². The summed E-state index contributed by atoms with van der Waals surface area (Å²) in [6.07, 6.45) is 2.04. The van der Waals surface area contributed by atoms with Crippen LogP contribution in [0.1, 0.15) is 28.6 Å². The Morgan fingerprint density at radius 2 is 1.94 bits per heavy atom. The smallest absolute Gasteiger partial charge is 0.246 e. The maximum absolute atomic E-state index is 13.6. The molecule has 6 rings (SSSR count). The van der Waals surface area contributed by atoms with Crippen molar-refractivity contribution in [2.24, 2.45) is 0 Å². The first-order valence-corrected chi connectivity index (χ1v) is 11.0. The number of carbonyl (C=O) groups excluding carboxylic acids is 2. The van der Waals surface area contributed by atoms with Crippen LogP contribution in [0.5, 0.6) is 0 Å². The lowest BCUT2D eigenvalue weighted by Crippen LogP contribution is -2.62. The standard InChI is InChI=1S/C25H20ClN3O3/c26-16-6-3-5-15(11-16)24-23-19(18-8-1-2-9-20(18)27-23)12-21-25(31)28(14-22(30)29(21)24)13-17-7-4-10-32-17/h1-11,21,24,27H,12-14H2/t21-,24-/m0/s1. The minimum atomic E-state index is -0.582. The summed E-state index contributed by atoms with van der Waals surface area (Å²) in [5.74, 6) is 0.508. The van der Waals surface area contributed by atoms with E-state index in [0.717, 1.165) is 27.7 Å². The molecule has 4 heterocycles. The zero-order valence-electron chi connectivity index (χ0n) is 17.1. The molecule has 7 heteroatoms. The maximum atomic E-state index is 13.6. The second-order valence-electron chi connectivity index (χ2n) is 8.31. The van der Waals surface area contributed by atoms with Crippen molar-refractivity contribution < 1.29 is 14.0 Å². The molecule has 0 unspecified atom stereocenters. The van der Waals surface area contributed by atoms with Crippen molar-refractivity contribution in [1.29, 1.82) is 0 Å². The monoisotopic (exact) mass is 445 g/mol. The summed E-state index contributed by atoms with van der Waals surface area (Å²) in [7, 11) is 0. The number of hydrogen-bond donors (Lipinski definition) is 1. The summed E-state index contributed by atoms with van der Waals surface area (Å²) >= 11 is 6.31. The number of carbonyl (C=O) groups is 2. The summed E-state index contributed by atoms with van der Waals surface area (Å²) in [4.78, 5) is 33.9. The molecular formula is C25H20ClN3O3. The van der Waals surface area contributed by atoms with E-state index in [1.165, 1.54) is 0 Å². The Hall–Kier alpha value is -3.51. The average molecular weight is 446 g/mol. The molecule has 0 spiro atoms. The fourth-order valence-electron chi connectivity index (χ4n) is 5.07. The number of aromatic amines is 1. The average Bonchev–Trinajstić information content (AvgIpc) is 3.43. The number of rotatable bonds is 3. The third-order valence-electron chi connectivity index (χ3n) is 6.43. The molecule has 1 saturated heterocycles. The quantitative estimate of drug-likeness (QED) is 0.511. The van der Waals surface area contributed by atoms with Gasteiger partial charge in [-0.2, -0.15) is 0 Å². The van der Waals surface area contributed by atoms with Gasteiger partial charge in [-0.3, -0.25) is 9.59 Å². The van der Waals surface area contributed by atoms with Crippen molar-refractivity contribution in [2.45, 2.75) is 25.0 Å². The van der Waals surface area contributed by atoms with Crippen LogP contribution in [0.25, 0.3) is 10.9 Å². The third kappa shape index (κ3) is 2.94. The number of benzene rings is 2. The van der Waals surface area contributed by atoms with Crippen molar-refractivity contribution in [3.8, 4) is 0 Å². The van der Waals surface area contributed by atoms with Crippen LogP contribution >= 0.6 is 11.6 Å². The van der Waals surface area contributed by atoms with Crippen LogP contribution in [0.2, 0.25) is 5.02 Å². The SMILES string of the molecule is O=C1[C@@H]2Cc3c([nH]c4ccccc34)[C@H](c3cccc(Cl)c3)N2C(=O)CN1Cc1ccco1. The number of H-pyrrole nitrogens is 1. The van der Waals surface area contributed by atoms with E-state index in [0.29, 0.717) is 17.2 Å². The van der Waals surface area contributed by atoms with Gasteiger partial charge < -0.3 is 19.2 Å². The Kier molecular flexibility index (Phi) is 4.36. The van der Waals surface area contributed by atoms with Crippen LogP contribution in [0.3, 0.4) is 0 Å². The molecule has 0 radical (unpaired) electrons. The van der Waals surface area contributed by atoms with Crippen LogP contribution in [0.4, 0.5) is 0 Å². The third-order valence-corrected chi connectivity index (χ3v) is 6.67. The predicted octanol–water partition coefficient (Wildman–Crippen LogP) is 4.30. The molecule has 32 heavy (non-hydrogen) atoms. The number of furan rings is 1.